The Morgan fingerprint density at radius 1 is 1.12 bits per heavy atom. The number of amides is 2. The molecule has 0 aromatic heterocycles. The molecule has 0 atom stereocenters. The third-order valence-electron chi connectivity index (χ3n) is 4.37. The van der Waals surface area contributed by atoms with Crippen molar-refractivity contribution in [3.63, 3.8) is 0 Å². The largest absolute Gasteiger partial charge is 0.416 e. The lowest BCUT2D eigenvalue weighted by atomic mass is 9.90. The standard InChI is InChI=1S/C17H20ClF3N2O2/c1-16(2,14(24)22-11-5-3-4-6-11)15(25)23-13-9-10(17(19,20)21)7-8-12(13)18/h7-9,11H,3-6H2,1-2H3,(H,22,24)(H,23,25). The Hall–Kier alpha value is -1.76. The van der Waals surface area contributed by atoms with Crippen molar-refractivity contribution in [3.05, 3.63) is 28.8 Å². The van der Waals surface area contributed by atoms with Crippen molar-refractivity contribution in [2.75, 3.05) is 5.32 Å². The highest BCUT2D eigenvalue weighted by Gasteiger charge is 2.38. The summed E-state index contributed by atoms with van der Waals surface area (Å²) < 4.78 is 38.4. The van der Waals surface area contributed by atoms with Crippen LogP contribution in [0.4, 0.5) is 18.9 Å². The molecule has 138 valence electrons. The highest BCUT2D eigenvalue weighted by Crippen LogP contribution is 2.34. The second-order valence-corrected chi connectivity index (χ2v) is 7.13. The number of hydrogen-bond donors (Lipinski definition) is 2. The topological polar surface area (TPSA) is 58.2 Å². The lowest BCUT2D eigenvalue weighted by Crippen LogP contribution is -2.48. The van der Waals surface area contributed by atoms with Crippen LogP contribution in [-0.4, -0.2) is 17.9 Å². The molecule has 2 N–H and O–H groups in total. The number of alkyl halides is 3. The predicted molar refractivity (Wildman–Crippen MR) is 89.3 cm³/mol. The van der Waals surface area contributed by atoms with Gasteiger partial charge in [0.05, 0.1) is 16.3 Å². The summed E-state index contributed by atoms with van der Waals surface area (Å²) in [7, 11) is 0. The maximum atomic E-state index is 12.8. The lowest BCUT2D eigenvalue weighted by molar-refractivity contribution is -0.139. The molecule has 1 saturated carbocycles. The molecule has 2 rings (SSSR count). The van der Waals surface area contributed by atoms with Gasteiger partial charge in [-0.2, -0.15) is 13.2 Å². The van der Waals surface area contributed by atoms with Crippen molar-refractivity contribution < 1.29 is 22.8 Å². The molecule has 25 heavy (non-hydrogen) atoms. The minimum atomic E-state index is -4.56. The highest BCUT2D eigenvalue weighted by molar-refractivity contribution is 6.34. The van der Waals surface area contributed by atoms with E-state index in [2.05, 4.69) is 10.6 Å². The van der Waals surface area contributed by atoms with Gasteiger partial charge < -0.3 is 10.6 Å². The van der Waals surface area contributed by atoms with Gasteiger partial charge in [-0.05, 0) is 44.9 Å². The van der Waals surface area contributed by atoms with Crippen LogP contribution in [0.5, 0.6) is 0 Å². The Kier molecular flexibility index (Phi) is 5.66. The molecule has 0 bridgehead atoms. The molecule has 1 aliphatic rings. The number of benzene rings is 1. The van der Waals surface area contributed by atoms with Crippen LogP contribution < -0.4 is 10.6 Å². The Morgan fingerprint density at radius 2 is 1.72 bits per heavy atom. The second kappa shape index (κ2) is 7.23. The zero-order chi connectivity index (χ0) is 18.8. The number of nitrogens with one attached hydrogen (secondary N) is 2. The maximum Gasteiger partial charge on any atom is 0.416 e. The van der Waals surface area contributed by atoms with E-state index in [0.29, 0.717) is 0 Å². The fraction of sp³-hybridized carbons (Fsp3) is 0.529. The van der Waals surface area contributed by atoms with Crippen molar-refractivity contribution in [3.8, 4) is 0 Å². The van der Waals surface area contributed by atoms with E-state index >= 15 is 0 Å². The van der Waals surface area contributed by atoms with Crippen LogP contribution in [0.3, 0.4) is 0 Å². The number of rotatable bonds is 4. The molecule has 4 nitrogen and oxygen atoms in total. The van der Waals surface area contributed by atoms with E-state index < -0.39 is 29.0 Å². The van der Waals surface area contributed by atoms with Gasteiger partial charge in [0.2, 0.25) is 11.8 Å². The van der Waals surface area contributed by atoms with Gasteiger partial charge >= 0.3 is 6.18 Å². The molecule has 0 unspecified atom stereocenters. The maximum absolute atomic E-state index is 12.8. The molecule has 0 spiro atoms. The molecule has 1 aromatic rings. The summed E-state index contributed by atoms with van der Waals surface area (Å²) in [4.78, 5) is 24.8. The summed E-state index contributed by atoms with van der Waals surface area (Å²) in [6.07, 6.45) is -0.778. The summed E-state index contributed by atoms with van der Waals surface area (Å²) >= 11 is 5.87. The van der Waals surface area contributed by atoms with Crippen LogP contribution in [0, 0.1) is 5.41 Å². The van der Waals surface area contributed by atoms with Crippen LogP contribution >= 0.6 is 11.6 Å². The Bertz CT molecular complexity index is 668. The van der Waals surface area contributed by atoms with Gasteiger partial charge in [-0.25, -0.2) is 0 Å². The van der Waals surface area contributed by atoms with Crippen molar-refractivity contribution in [2.45, 2.75) is 51.7 Å². The molecule has 2 amide bonds. The van der Waals surface area contributed by atoms with Crippen LogP contribution in [-0.2, 0) is 15.8 Å². The summed E-state index contributed by atoms with van der Waals surface area (Å²) in [6.45, 7) is 2.85. The van der Waals surface area contributed by atoms with E-state index in [0.717, 1.165) is 43.9 Å². The monoisotopic (exact) mass is 376 g/mol. The van der Waals surface area contributed by atoms with Gasteiger partial charge in [-0.15, -0.1) is 0 Å². The smallest absolute Gasteiger partial charge is 0.352 e. The van der Waals surface area contributed by atoms with E-state index in [1.807, 2.05) is 0 Å². The SMILES string of the molecule is CC(C)(C(=O)Nc1cc(C(F)(F)F)ccc1Cl)C(=O)NC1CCCC1. The summed E-state index contributed by atoms with van der Waals surface area (Å²) in [5, 5.41) is 5.13. The van der Waals surface area contributed by atoms with Crippen molar-refractivity contribution in [1.82, 2.24) is 5.32 Å². The fourth-order valence-electron chi connectivity index (χ4n) is 2.62. The number of hydrogen-bond acceptors (Lipinski definition) is 2. The zero-order valence-corrected chi connectivity index (χ0v) is 14.7. The highest BCUT2D eigenvalue weighted by atomic mass is 35.5. The van der Waals surface area contributed by atoms with E-state index in [1.165, 1.54) is 13.8 Å². The van der Waals surface area contributed by atoms with Crippen molar-refractivity contribution >= 4 is 29.1 Å². The third kappa shape index (κ3) is 4.66. The molecule has 0 saturated heterocycles. The van der Waals surface area contributed by atoms with Crippen molar-refractivity contribution in [1.29, 1.82) is 0 Å². The quantitative estimate of drug-likeness (QED) is 0.766. The normalized spacial score (nSPS) is 15.9. The first kappa shape index (κ1) is 19.6. The predicted octanol–water partition coefficient (Wildman–Crippen LogP) is 4.38. The average Bonchev–Trinajstić information content (AvgIpc) is 3.01. The number of anilines is 1. The molecular formula is C17H20ClF3N2O2. The molecule has 1 aromatic carbocycles. The fourth-order valence-corrected chi connectivity index (χ4v) is 2.78. The minimum absolute atomic E-state index is 0.0339. The van der Waals surface area contributed by atoms with E-state index in [4.69, 9.17) is 11.6 Å². The molecule has 1 aliphatic carbocycles. The van der Waals surface area contributed by atoms with Gasteiger partial charge in [0.15, 0.2) is 0 Å². The minimum Gasteiger partial charge on any atom is -0.352 e. The Morgan fingerprint density at radius 3 is 2.28 bits per heavy atom. The van der Waals surface area contributed by atoms with Crippen molar-refractivity contribution in [2.24, 2.45) is 5.41 Å². The number of carbonyl (C=O) groups is 2. The second-order valence-electron chi connectivity index (χ2n) is 6.73. The van der Waals surface area contributed by atoms with Crippen LogP contribution in [0.2, 0.25) is 5.02 Å². The average molecular weight is 377 g/mol. The number of carbonyl (C=O) groups excluding carboxylic acids is 2. The number of halogens is 4. The molecule has 8 heteroatoms. The van der Waals surface area contributed by atoms with Gasteiger partial charge in [0, 0.05) is 6.04 Å². The van der Waals surface area contributed by atoms with Gasteiger partial charge in [-0.1, -0.05) is 24.4 Å². The molecular weight excluding hydrogens is 357 g/mol. The first-order chi connectivity index (χ1) is 11.5. The summed E-state index contributed by atoms with van der Waals surface area (Å²) in [5.74, 6) is -1.18. The van der Waals surface area contributed by atoms with Gasteiger partial charge in [0.25, 0.3) is 0 Å². The van der Waals surface area contributed by atoms with Gasteiger partial charge in [-0.3, -0.25) is 9.59 Å². The molecule has 0 heterocycles. The zero-order valence-electron chi connectivity index (χ0n) is 14.0. The molecule has 0 aliphatic heterocycles. The first-order valence-electron chi connectivity index (χ1n) is 8.01. The van der Waals surface area contributed by atoms with Crippen LogP contribution in [0.25, 0.3) is 0 Å². The summed E-state index contributed by atoms with van der Waals surface area (Å²) in [6, 6.07) is 2.68. The van der Waals surface area contributed by atoms with Crippen LogP contribution in [0.1, 0.15) is 45.1 Å². The first-order valence-corrected chi connectivity index (χ1v) is 8.39. The third-order valence-corrected chi connectivity index (χ3v) is 4.70. The van der Waals surface area contributed by atoms with E-state index in [-0.39, 0.29) is 16.8 Å². The molecule has 1 fully saturated rings. The summed E-state index contributed by atoms with van der Waals surface area (Å²) in [5.41, 5.74) is -2.55. The lowest BCUT2D eigenvalue weighted by Gasteiger charge is -2.25. The Balaban J connectivity index is 2.13. The van der Waals surface area contributed by atoms with E-state index in [1.54, 1.807) is 0 Å². The van der Waals surface area contributed by atoms with E-state index in [9.17, 15) is 22.8 Å². The van der Waals surface area contributed by atoms with Gasteiger partial charge in [0.1, 0.15) is 5.41 Å². The van der Waals surface area contributed by atoms with Crippen LogP contribution in [0.15, 0.2) is 18.2 Å². The Labute approximate surface area is 149 Å². The molecule has 0 radical (unpaired) electrons.